The highest BCUT2D eigenvalue weighted by molar-refractivity contribution is 7.41. The van der Waals surface area contributed by atoms with Gasteiger partial charge in [-0.05, 0) is 38.6 Å². The average molecular weight is 329 g/mol. The Hall–Kier alpha value is -0.910. The maximum Gasteiger partial charge on any atom is 0.333 e. The number of likely N-dealkylation sites (N-methyl/N-ethyl adjacent to an activating group) is 1. The molecule has 0 amide bonds. The molecule has 0 spiro atoms. The number of hydrogen-bond acceptors (Lipinski definition) is 6. The molecule has 1 heterocycles. The summed E-state index contributed by atoms with van der Waals surface area (Å²) in [5, 5.41) is 3.14. The zero-order valence-electron chi connectivity index (χ0n) is 13.3. The van der Waals surface area contributed by atoms with Crippen LogP contribution in [0.2, 0.25) is 0 Å². The quantitative estimate of drug-likeness (QED) is 0.703. The molecule has 1 atom stereocenters. The minimum Gasteiger partial charge on any atom is -0.486 e. The molecule has 1 unspecified atom stereocenters. The maximum absolute atomic E-state index is 6.01. The van der Waals surface area contributed by atoms with Gasteiger partial charge in [0.15, 0.2) is 11.5 Å². The van der Waals surface area contributed by atoms with Crippen molar-refractivity contribution < 1.29 is 23.0 Å². The molecule has 0 fully saturated rings. The van der Waals surface area contributed by atoms with Crippen molar-refractivity contribution in [1.29, 1.82) is 0 Å². The molecule has 22 heavy (non-hydrogen) atoms. The largest absolute Gasteiger partial charge is 0.486 e. The summed E-state index contributed by atoms with van der Waals surface area (Å²) in [5.74, 6) is 1.53. The molecule has 0 saturated heterocycles. The monoisotopic (exact) mass is 329 g/mol. The molecule has 0 bridgehead atoms. The van der Waals surface area contributed by atoms with Crippen molar-refractivity contribution in [3.05, 3.63) is 23.8 Å². The Labute approximate surface area is 133 Å². The van der Waals surface area contributed by atoms with Crippen LogP contribution in [0.25, 0.3) is 0 Å². The van der Waals surface area contributed by atoms with Gasteiger partial charge in [0.25, 0.3) is 0 Å². The van der Waals surface area contributed by atoms with E-state index >= 15 is 0 Å². The first-order valence-corrected chi connectivity index (χ1v) is 8.64. The van der Waals surface area contributed by atoms with E-state index < -0.39 is 8.60 Å². The van der Waals surface area contributed by atoms with Crippen molar-refractivity contribution in [2.45, 2.75) is 20.0 Å². The summed E-state index contributed by atoms with van der Waals surface area (Å²) in [5.41, 5.74) is 1.01. The number of ether oxygens (including phenoxy) is 2. The smallest absolute Gasteiger partial charge is 0.333 e. The van der Waals surface area contributed by atoms with Crippen LogP contribution in [0.3, 0.4) is 0 Å². The SMILES string of the molecule is CCOP(OCC)OC(CNC)c1ccc2c(c1)OCCO2. The van der Waals surface area contributed by atoms with Crippen LogP contribution in [0, 0.1) is 0 Å². The van der Waals surface area contributed by atoms with Crippen LogP contribution in [0.1, 0.15) is 25.5 Å². The standard InChI is InChI=1S/C15H24NO5P/c1-4-19-22(20-5-2)21-15(11-16-3)12-6-7-13-14(10-12)18-9-8-17-13/h6-7,10,15-16H,4-5,8-9,11H2,1-3H3. The number of benzene rings is 1. The number of rotatable bonds is 9. The topological polar surface area (TPSA) is 58.2 Å². The Kier molecular flexibility index (Phi) is 7.36. The first-order chi connectivity index (χ1) is 10.8. The fourth-order valence-corrected chi connectivity index (χ4v) is 3.10. The molecular formula is C15H24NO5P. The molecule has 1 aromatic carbocycles. The average Bonchev–Trinajstić information content (AvgIpc) is 2.54. The predicted octanol–water partition coefficient (Wildman–Crippen LogP) is 3.03. The van der Waals surface area contributed by atoms with E-state index in [4.69, 9.17) is 23.0 Å². The summed E-state index contributed by atoms with van der Waals surface area (Å²) < 4.78 is 28.3. The predicted molar refractivity (Wildman–Crippen MR) is 85.4 cm³/mol. The zero-order chi connectivity index (χ0) is 15.8. The van der Waals surface area contributed by atoms with Gasteiger partial charge in [-0.2, -0.15) is 0 Å². The van der Waals surface area contributed by atoms with Gasteiger partial charge >= 0.3 is 8.60 Å². The Morgan fingerprint density at radius 3 is 2.45 bits per heavy atom. The molecule has 0 aliphatic carbocycles. The van der Waals surface area contributed by atoms with E-state index in [2.05, 4.69) is 5.32 Å². The summed E-state index contributed by atoms with van der Waals surface area (Å²) >= 11 is 0. The third-order valence-electron chi connectivity index (χ3n) is 3.01. The van der Waals surface area contributed by atoms with Gasteiger partial charge in [0, 0.05) is 6.54 Å². The first kappa shape index (κ1) is 17.4. The third kappa shape index (κ3) is 4.80. The number of nitrogens with one attached hydrogen (secondary N) is 1. The van der Waals surface area contributed by atoms with Crippen LogP contribution >= 0.6 is 8.60 Å². The van der Waals surface area contributed by atoms with E-state index in [1.54, 1.807) is 0 Å². The van der Waals surface area contributed by atoms with Gasteiger partial charge in [-0.15, -0.1) is 0 Å². The molecule has 1 aromatic rings. The van der Waals surface area contributed by atoms with Gasteiger partial charge in [0.2, 0.25) is 0 Å². The highest BCUT2D eigenvalue weighted by Crippen LogP contribution is 2.45. The Balaban J connectivity index is 2.12. The zero-order valence-corrected chi connectivity index (χ0v) is 14.2. The van der Waals surface area contributed by atoms with Crippen molar-refractivity contribution in [2.24, 2.45) is 0 Å². The minimum absolute atomic E-state index is 0.176. The Morgan fingerprint density at radius 2 is 1.82 bits per heavy atom. The fraction of sp³-hybridized carbons (Fsp3) is 0.600. The van der Waals surface area contributed by atoms with Crippen LogP contribution in [-0.2, 0) is 13.6 Å². The summed E-state index contributed by atoms with van der Waals surface area (Å²) in [7, 11) is 0.528. The van der Waals surface area contributed by atoms with Crippen LogP contribution in [-0.4, -0.2) is 40.0 Å². The molecule has 124 valence electrons. The Bertz CT molecular complexity index is 454. The second-order valence-electron chi connectivity index (χ2n) is 4.61. The van der Waals surface area contributed by atoms with Gasteiger partial charge in [0.05, 0.1) is 13.2 Å². The van der Waals surface area contributed by atoms with E-state index in [0.717, 1.165) is 17.1 Å². The number of fused-ring (bicyclic) bond motifs is 1. The molecule has 2 rings (SSSR count). The lowest BCUT2D eigenvalue weighted by atomic mass is 10.1. The molecule has 7 heteroatoms. The van der Waals surface area contributed by atoms with Crippen molar-refractivity contribution in [2.75, 3.05) is 40.0 Å². The van der Waals surface area contributed by atoms with Gasteiger partial charge in [0.1, 0.15) is 19.3 Å². The van der Waals surface area contributed by atoms with Crippen molar-refractivity contribution in [3.63, 3.8) is 0 Å². The van der Waals surface area contributed by atoms with Gasteiger partial charge < -0.3 is 28.4 Å². The summed E-state index contributed by atoms with van der Waals surface area (Å²) in [6.45, 7) is 6.77. The maximum atomic E-state index is 6.01. The summed E-state index contributed by atoms with van der Waals surface area (Å²) in [4.78, 5) is 0. The van der Waals surface area contributed by atoms with Gasteiger partial charge in [-0.25, -0.2) is 0 Å². The molecule has 6 nitrogen and oxygen atoms in total. The third-order valence-corrected chi connectivity index (χ3v) is 4.37. The highest BCUT2D eigenvalue weighted by Gasteiger charge is 2.22. The Morgan fingerprint density at radius 1 is 1.14 bits per heavy atom. The van der Waals surface area contributed by atoms with Crippen LogP contribution in [0.4, 0.5) is 0 Å². The van der Waals surface area contributed by atoms with Crippen LogP contribution in [0.5, 0.6) is 11.5 Å². The molecule has 1 aliphatic heterocycles. The van der Waals surface area contributed by atoms with E-state index in [-0.39, 0.29) is 6.10 Å². The van der Waals surface area contributed by atoms with E-state index in [9.17, 15) is 0 Å². The summed E-state index contributed by atoms with van der Waals surface area (Å²) in [6, 6.07) is 5.86. The van der Waals surface area contributed by atoms with E-state index in [1.165, 1.54) is 0 Å². The normalized spacial score (nSPS) is 15.1. The van der Waals surface area contributed by atoms with Crippen molar-refractivity contribution in [1.82, 2.24) is 5.32 Å². The molecule has 1 N–H and O–H groups in total. The van der Waals surface area contributed by atoms with Crippen molar-refractivity contribution in [3.8, 4) is 11.5 Å². The van der Waals surface area contributed by atoms with Gasteiger partial charge in [-0.3, -0.25) is 0 Å². The molecule has 0 aromatic heterocycles. The van der Waals surface area contributed by atoms with Crippen molar-refractivity contribution >= 4 is 8.60 Å². The second-order valence-corrected chi connectivity index (χ2v) is 5.79. The minimum atomic E-state index is -1.36. The molecule has 1 aliphatic rings. The molecule has 0 saturated carbocycles. The van der Waals surface area contributed by atoms with Crippen LogP contribution in [0.15, 0.2) is 18.2 Å². The van der Waals surface area contributed by atoms with E-state index in [0.29, 0.717) is 33.0 Å². The second kappa shape index (κ2) is 9.28. The molecule has 0 radical (unpaired) electrons. The highest BCUT2D eigenvalue weighted by atomic mass is 31.2. The van der Waals surface area contributed by atoms with Gasteiger partial charge in [-0.1, -0.05) is 6.07 Å². The summed E-state index contributed by atoms with van der Waals surface area (Å²) in [6.07, 6.45) is -0.176. The lowest BCUT2D eigenvalue weighted by Gasteiger charge is -2.24. The fourth-order valence-electron chi connectivity index (χ4n) is 2.07. The molecular weight excluding hydrogens is 305 g/mol. The lowest BCUT2D eigenvalue weighted by Crippen LogP contribution is -2.20. The first-order valence-electron chi connectivity index (χ1n) is 7.55. The number of hydrogen-bond donors (Lipinski definition) is 1. The van der Waals surface area contributed by atoms with Crippen LogP contribution < -0.4 is 14.8 Å². The lowest BCUT2D eigenvalue weighted by molar-refractivity contribution is 0.123. The van der Waals surface area contributed by atoms with E-state index in [1.807, 2.05) is 39.1 Å².